The first kappa shape index (κ1) is 16.6. The zero-order valence-electron chi connectivity index (χ0n) is 15.0. The van der Waals surface area contributed by atoms with Crippen LogP contribution in [0.4, 0.5) is 5.69 Å². The second-order valence-corrected chi connectivity index (χ2v) is 7.07. The molecule has 2 heterocycles. The van der Waals surface area contributed by atoms with Crippen molar-refractivity contribution < 1.29 is 4.42 Å². The highest BCUT2D eigenvalue weighted by Crippen LogP contribution is 2.27. The number of benzene rings is 1. The van der Waals surface area contributed by atoms with E-state index in [0.29, 0.717) is 12.4 Å². The summed E-state index contributed by atoms with van der Waals surface area (Å²) in [5.41, 5.74) is 2.57. The molecule has 0 saturated carbocycles. The number of rotatable bonds is 3. The molecule has 1 aromatic heterocycles. The molecule has 0 fully saturated rings. The maximum atomic E-state index is 5.84. The van der Waals surface area contributed by atoms with Crippen LogP contribution in [0.15, 0.2) is 39.9 Å². The molecule has 0 bridgehead atoms. The van der Waals surface area contributed by atoms with E-state index >= 15 is 0 Å². The number of fused-ring (bicyclic) bond motifs is 1. The average Bonchev–Trinajstić information content (AvgIpc) is 3.18. The van der Waals surface area contributed by atoms with Crippen LogP contribution in [-0.2, 0) is 18.4 Å². The highest BCUT2D eigenvalue weighted by Gasteiger charge is 2.23. The van der Waals surface area contributed by atoms with E-state index < -0.39 is 0 Å². The van der Waals surface area contributed by atoms with Gasteiger partial charge in [0.15, 0.2) is 5.96 Å². The molecule has 0 radical (unpaired) electrons. The highest BCUT2D eigenvalue weighted by molar-refractivity contribution is 5.97. The molecule has 0 saturated heterocycles. The Morgan fingerprint density at radius 2 is 2.12 bits per heavy atom. The molecule has 0 spiro atoms. The third kappa shape index (κ3) is 3.45. The second kappa shape index (κ2) is 6.67. The van der Waals surface area contributed by atoms with Crippen LogP contribution in [0.1, 0.15) is 44.9 Å². The second-order valence-electron chi connectivity index (χ2n) is 7.07. The van der Waals surface area contributed by atoms with Crippen molar-refractivity contribution in [2.45, 2.75) is 46.1 Å². The van der Waals surface area contributed by atoms with Gasteiger partial charge in [-0.15, -0.1) is 0 Å². The third-order valence-corrected chi connectivity index (χ3v) is 4.13. The van der Waals surface area contributed by atoms with E-state index in [2.05, 4.69) is 67.2 Å². The fourth-order valence-corrected chi connectivity index (χ4v) is 2.83. The fourth-order valence-electron chi connectivity index (χ4n) is 2.83. The number of anilines is 1. The molecule has 5 heteroatoms. The molecule has 0 amide bonds. The number of nitrogens with zero attached hydrogens (tertiary/aromatic N) is 3. The molecule has 0 atom stereocenters. The molecule has 5 nitrogen and oxygen atoms in total. The normalized spacial score (nSPS) is 14.8. The number of guanidine groups is 1. The third-order valence-electron chi connectivity index (χ3n) is 4.13. The predicted molar refractivity (Wildman–Crippen MR) is 97.5 cm³/mol. The predicted octanol–water partition coefficient (Wildman–Crippen LogP) is 3.50. The first-order chi connectivity index (χ1) is 11.5. The van der Waals surface area contributed by atoms with Crippen molar-refractivity contribution in [1.82, 2.24) is 10.3 Å². The quantitative estimate of drug-likeness (QED) is 0.693. The van der Waals surface area contributed by atoms with Crippen LogP contribution < -0.4 is 10.2 Å². The Bertz CT molecular complexity index is 727. The van der Waals surface area contributed by atoms with Gasteiger partial charge >= 0.3 is 0 Å². The summed E-state index contributed by atoms with van der Waals surface area (Å²) in [4.78, 5) is 11.3. The van der Waals surface area contributed by atoms with Gasteiger partial charge in [-0.3, -0.25) is 0 Å². The maximum Gasteiger partial charge on any atom is 0.216 e. The molecular weight excluding hydrogens is 300 g/mol. The molecule has 1 aromatic carbocycles. The molecule has 2 aromatic rings. The van der Waals surface area contributed by atoms with Gasteiger partial charge in [0.25, 0.3) is 0 Å². The van der Waals surface area contributed by atoms with Gasteiger partial charge in [-0.2, -0.15) is 0 Å². The van der Waals surface area contributed by atoms with Crippen LogP contribution >= 0.6 is 0 Å². The van der Waals surface area contributed by atoms with Gasteiger partial charge in [0.05, 0.1) is 6.20 Å². The van der Waals surface area contributed by atoms with Crippen molar-refractivity contribution in [3.63, 3.8) is 0 Å². The molecule has 128 valence electrons. The largest absolute Gasteiger partial charge is 0.443 e. The first-order valence-electron chi connectivity index (χ1n) is 8.58. The summed E-state index contributed by atoms with van der Waals surface area (Å²) >= 11 is 0. The van der Waals surface area contributed by atoms with Crippen LogP contribution in [-0.4, -0.2) is 24.0 Å². The molecular formula is C19H26N4O. The fraction of sp³-hybridized carbons (Fsp3) is 0.474. The minimum atomic E-state index is -0.0344. The zero-order valence-corrected chi connectivity index (χ0v) is 15.0. The minimum Gasteiger partial charge on any atom is -0.443 e. The van der Waals surface area contributed by atoms with Gasteiger partial charge in [-0.05, 0) is 25.0 Å². The Kier molecular flexibility index (Phi) is 4.60. The Balaban J connectivity index is 1.79. The Hall–Kier alpha value is -2.30. The highest BCUT2D eigenvalue weighted by atomic mass is 16.4. The topological polar surface area (TPSA) is 53.7 Å². The summed E-state index contributed by atoms with van der Waals surface area (Å²) in [7, 11) is 0. The Morgan fingerprint density at radius 3 is 2.83 bits per heavy atom. The van der Waals surface area contributed by atoms with Crippen LogP contribution in [0.3, 0.4) is 0 Å². The van der Waals surface area contributed by atoms with Crippen molar-refractivity contribution in [3.8, 4) is 0 Å². The van der Waals surface area contributed by atoms with Gasteiger partial charge in [0.2, 0.25) is 5.89 Å². The maximum absolute atomic E-state index is 5.84. The van der Waals surface area contributed by atoms with Crippen LogP contribution in [0, 0.1) is 0 Å². The lowest BCUT2D eigenvalue weighted by Crippen LogP contribution is -2.40. The number of aromatic nitrogens is 1. The SMILES string of the molecule is CCNC(=NCc1ncc(C(C)(C)C)o1)N1CCc2ccccc21. The van der Waals surface area contributed by atoms with E-state index in [1.54, 1.807) is 0 Å². The summed E-state index contributed by atoms with van der Waals surface area (Å²) in [6.45, 7) is 10.7. The monoisotopic (exact) mass is 326 g/mol. The molecule has 1 aliphatic rings. The summed E-state index contributed by atoms with van der Waals surface area (Å²) < 4.78 is 5.84. The minimum absolute atomic E-state index is 0.0344. The first-order valence-corrected chi connectivity index (χ1v) is 8.58. The van der Waals surface area contributed by atoms with E-state index in [1.807, 2.05) is 6.20 Å². The number of aliphatic imine (C=N–C) groups is 1. The van der Waals surface area contributed by atoms with Gasteiger partial charge < -0.3 is 14.6 Å². The lowest BCUT2D eigenvalue weighted by Gasteiger charge is -2.22. The summed E-state index contributed by atoms with van der Waals surface area (Å²) in [6, 6.07) is 8.50. The standard InChI is InChI=1S/C19H26N4O/c1-5-20-18(23-11-10-14-8-6-7-9-15(14)23)22-13-17-21-12-16(24-17)19(2,3)4/h6-9,12H,5,10-11,13H2,1-4H3,(H,20,22). The van der Waals surface area contributed by atoms with Gasteiger partial charge in [-0.1, -0.05) is 39.0 Å². The van der Waals surface area contributed by atoms with Crippen LogP contribution in [0.25, 0.3) is 0 Å². The molecule has 3 rings (SSSR count). The van der Waals surface area contributed by atoms with E-state index in [-0.39, 0.29) is 5.41 Å². The summed E-state index contributed by atoms with van der Waals surface area (Å²) in [5, 5.41) is 3.38. The van der Waals surface area contributed by atoms with Gasteiger partial charge in [-0.25, -0.2) is 9.98 Å². The number of para-hydroxylation sites is 1. The van der Waals surface area contributed by atoms with Crippen molar-refractivity contribution >= 4 is 11.6 Å². The zero-order chi connectivity index (χ0) is 17.2. The Labute approximate surface area is 143 Å². The van der Waals surface area contributed by atoms with Crippen molar-refractivity contribution in [2.75, 3.05) is 18.0 Å². The van der Waals surface area contributed by atoms with Crippen molar-refractivity contribution in [1.29, 1.82) is 0 Å². The summed E-state index contributed by atoms with van der Waals surface area (Å²) in [5.74, 6) is 2.44. The van der Waals surface area contributed by atoms with E-state index in [9.17, 15) is 0 Å². The number of hydrogen-bond donors (Lipinski definition) is 1. The lowest BCUT2D eigenvalue weighted by atomic mass is 9.94. The number of oxazole rings is 1. The van der Waals surface area contributed by atoms with Crippen LogP contribution in [0.5, 0.6) is 0 Å². The molecule has 1 aliphatic heterocycles. The van der Waals surface area contributed by atoms with Crippen LogP contribution in [0.2, 0.25) is 0 Å². The van der Waals surface area contributed by atoms with Gasteiger partial charge in [0.1, 0.15) is 12.3 Å². The summed E-state index contributed by atoms with van der Waals surface area (Å²) in [6.07, 6.45) is 2.86. The average molecular weight is 326 g/mol. The molecule has 24 heavy (non-hydrogen) atoms. The van der Waals surface area contributed by atoms with Crippen molar-refractivity contribution in [2.24, 2.45) is 4.99 Å². The molecule has 0 aliphatic carbocycles. The number of nitrogens with one attached hydrogen (secondary N) is 1. The smallest absolute Gasteiger partial charge is 0.216 e. The molecule has 1 N–H and O–H groups in total. The number of hydrogen-bond acceptors (Lipinski definition) is 3. The van der Waals surface area contributed by atoms with E-state index in [0.717, 1.165) is 31.2 Å². The van der Waals surface area contributed by atoms with Crippen molar-refractivity contribution in [3.05, 3.63) is 47.7 Å². The lowest BCUT2D eigenvalue weighted by molar-refractivity contribution is 0.383. The van der Waals surface area contributed by atoms with E-state index in [4.69, 9.17) is 9.41 Å². The molecule has 0 unspecified atom stereocenters. The van der Waals surface area contributed by atoms with Gasteiger partial charge in [0, 0.05) is 24.2 Å². The van der Waals surface area contributed by atoms with E-state index in [1.165, 1.54) is 11.3 Å². The Morgan fingerprint density at radius 1 is 1.33 bits per heavy atom.